The van der Waals surface area contributed by atoms with Crippen molar-refractivity contribution in [3.05, 3.63) is 52.0 Å². The van der Waals surface area contributed by atoms with Crippen LogP contribution in [0, 0.1) is 10.1 Å². The molecule has 0 fully saturated rings. The van der Waals surface area contributed by atoms with Crippen LogP contribution in [-0.2, 0) is 20.7 Å². The van der Waals surface area contributed by atoms with Crippen molar-refractivity contribution in [2.45, 2.75) is 27.2 Å². The maximum absolute atomic E-state index is 12.1. The molecule has 1 heterocycles. The molecule has 0 aliphatic heterocycles. The van der Waals surface area contributed by atoms with Crippen LogP contribution >= 0.6 is 0 Å². The number of nitrogens with zero attached hydrogens (tertiary/aromatic N) is 4. The Hall–Kier alpha value is -3.30. The molecule has 1 aromatic heterocycles. The average Bonchev–Trinajstić information content (AvgIpc) is 2.98. The van der Waals surface area contributed by atoms with Crippen LogP contribution in [0.2, 0.25) is 0 Å². The SMILES string of the molecule is C=C/C=C(\C(=C/C)[N+](=O)[O-])n1nnc(C(=O)OCC)c1CC(=O)OCC. The second-order valence-corrected chi connectivity index (χ2v) is 4.72. The Kier molecular flexibility index (Phi) is 7.87. The van der Waals surface area contributed by atoms with Gasteiger partial charge in [0.2, 0.25) is 0 Å². The van der Waals surface area contributed by atoms with Gasteiger partial charge in [0, 0.05) is 0 Å². The summed E-state index contributed by atoms with van der Waals surface area (Å²) < 4.78 is 10.8. The molecule has 0 N–H and O–H groups in total. The zero-order chi connectivity index (χ0) is 19.7. The number of esters is 2. The van der Waals surface area contributed by atoms with E-state index in [0.717, 1.165) is 4.68 Å². The van der Waals surface area contributed by atoms with E-state index in [9.17, 15) is 19.7 Å². The van der Waals surface area contributed by atoms with Gasteiger partial charge in [-0.05, 0) is 32.9 Å². The first kappa shape index (κ1) is 20.7. The number of carbonyl (C=O) groups is 2. The Morgan fingerprint density at radius 3 is 2.46 bits per heavy atom. The van der Waals surface area contributed by atoms with Crippen molar-refractivity contribution in [1.29, 1.82) is 0 Å². The predicted octanol–water partition coefficient (Wildman–Crippen LogP) is 1.77. The van der Waals surface area contributed by atoms with E-state index in [1.54, 1.807) is 13.8 Å². The molecule has 0 amide bonds. The first-order valence-electron chi connectivity index (χ1n) is 7.82. The van der Waals surface area contributed by atoms with Gasteiger partial charge in [-0.15, -0.1) is 5.10 Å². The van der Waals surface area contributed by atoms with Crippen molar-refractivity contribution in [2.75, 3.05) is 13.2 Å². The summed E-state index contributed by atoms with van der Waals surface area (Å²) in [6.45, 7) is 8.47. The third-order valence-electron chi connectivity index (χ3n) is 3.09. The molecule has 0 saturated carbocycles. The largest absolute Gasteiger partial charge is 0.466 e. The topological polar surface area (TPSA) is 126 Å². The molecular weight excluding hydrogens is 344 g/mol. The summed E-state index contributed by atoms with van der Waals surface area (Å²) in [5, 5.41) is 18.8. The maximum Gasteiger partial charge on any atom is 0.360 e. The molecule has 0 radical (unpaired) electrons. The van der Waals surface area contributed by atoms with Gasteiger partial charge in [0.1, 0.15) is 5.70 Å². The van der Waals surface area contributed by atoms with Crippen LogP contribution in [0.25, 0.3) is 5.70 Å². The van der Waals surface area contributed by atoms with Gasteiger partial charge in [-0.2, -0.15) is 0 Å². The lowest BCUT2D eigenvalue weighted by Crippen LogP contribution is -2.18. The van der Waals surface area contributed by atoms with Gasteiger partial charge >= 0.3 is 11.9 Å². The summed E-state index contributed by atoms with van der Waals surface area (Å²) in [6, 6.07) is 0. The summed E-state index contributed by atoms with van der Waals surface area (Å²) in [5.74, 6) is -1.43. The molecule has 0 saturated heterocycles. The maximum atomic E-state index is 12.1. The van der Waals surface area contributed by atoms with Crippen LogP contribution in [0.5, 0.6) is 0 Å². The minimum Gasteiger partial charge on any atom is -0.466 e. The summed E-state index contributed by atoms with van der Waals surface area (Å²) in [6.07, 6.45) is 3.55. The van der Waals surface area contributed by atoms with Crippen molar-refractivity contribution in [2.24, 2.45) is 0 Å². The highest BCUT2D eigenvalue weighted by atomic mass is 16.6. The van der Waals surface area contributed by atoms with E-state index in [-0.39, 0.29) is 42.4 Å². The smallest absolute Gasteiger partial charge is 0.360 e. The van der Waals surface area contributed by atoms with E-state index in [4.69, 9.17) is 9.47 Å². The predicted molar refractivity (Wildman–Crippen MR) is 91.5 cm³/mol. The number of hydrogen-bond donors (Lipinski definition) is 0. The Balaban J connectivity index is 3.55. The van der Waals surface area contributed by atoms with E-state index in [2.05, 4.69) is 16.9 Å². The van der Waals surface area contributed by atoms with Crippen molar-refractivity contribution in [3.63, 3.8) is 0 Å². The Morgan fingerprint density at radius 2 is 1.96 bits per heavy atom. The monoisotopic (exact) mass is 364 g/mol. The van der Waals surface area contributed by atoms with Gasteiger partial charge < -0.3 is 9.47 Å². The van der Waals surface area contributed by atoms with Crippen LogP contribution in [0.3, 0.4) is 0 Å². The molecule has 1 rings (SSSR count). The lowest BCUT2D eigenvalue weighted by Gasteiger charge is -2.09. The second-order valence-electron chi connectivity index (χ2n) is 4.72. The first-order chi connectivity index (χ1) is 12.4. The van der Waals surface area contributed by atoms with Gasteiger partial charge in [0.25, 0.3) is 5.70 Å². The third-order valence-corrected chi connectivity index (χ3v) is 3.09. The molecule has 0 aliphatic carbocycles. The Bertz CT molecular complexity index is 763. The van der Waals surface area contributed by atoms with E-state index < -0.39 is 16.9 Å². The highest BCUT2D eigenvalue weighted by Gasteiger charge is 2.28. The van der Waals surface area contributed by atoms with Gasteiger partial charge in [0.05, 0.1) is 30.3 Å². The van der Waals surface area contributed by atoms with Crippen LogP contribution < -0.4 is 0 Å². The minimum absolute atomic E-state index is 0.00477. The summed E-state index contributed by atoms with van der Waals surface area (Å²) in [5.41, 5.74) is -0.491. The quantitative estimate of drug-likeness (QED) is 0.281. The average molecular weight is 364 g/mol. The van der Waals surface area contributed by atoms with E-state index in [1.807, 2.05) is 0 Å². The van der Waals surface area contributed by atoms with Crippen molar-refractivity contribution < 1.29 is 24.0 Å². The van der Waals surface area contributed by atoms with E-state index >= 15 is 0 Å². The lowest BCUT2D eigenvalue weighted by molar-refractivity contribution is -0.417. The summed E-state index contributed by atoms with van der Waals surface area (Å²) in [7, 11) is 0. The number of allylic oxidation sites excluding steroid dienone is 4. The molecule has 10 heteroatoms. The highest BCUT2D eigenvalue weighted by molar-refractivity contribution is 5.90. The second kappa shape index (κ2) is 9.87. The number of ether oxygens (including phenoxy) is 2. The lowest BCUT2D eigenvalue weighted by atomic mass is 10.2. The zero-order valence-electron chi connectivity index (χ0n) is 14.8. The summed E-state index contributed by atoms with van der Waals surface area (Å²) in [4.78, 5) is 34.7. The fourth-order valence-electron chi connectivity index (χ4n) is 2.08. The zero-order valence-corrected chi connectivity index (χ0v) is 14.8. The fraction of sp³-hybridized carbons (Fsp3) is 0.375. The normalized spacial score (nSPS) is 11.8. The molecule has 0 spiro atoms. The molecule has 0 atom stereocenters. The third kappa shape index (κ3) is 4.85. The van der Waals surface area contributed by atoms with Crippen molar-refractivity contribution in [1.82, 2.24) is 15.0 Å². The highest BCUT2D eigenvalue weighted by Crippen LogP contribution is 2.21. The molecule has 0 bridgehead atoms. The Morgan fingerprint density at radius 1 is 1.31 bits per heavy atom. The van der Waals surface area contributed by atoms with Crippen molar-refractivity contribution >= 4 is 17.6 Å². The Labute approximate surface area is 149 Å². The molecule has 26 heavy (non-hydrogen) atoms. The van der Waals surface area contributed by atoms with Crippen LogP contribution in [0.4, 0.5) is 0 Å². The van der Waals surface area contributed by atoms with E-state index in [0.29, 0.717) is 0 Å². The molecule has 0 unspecified atom stereocenters. The van der Waals surface area contributed by atoms with Gasteiger partial charge in [-0.1, -0.05) is 17.9 Å². The van der Waals surface area contributed by atoms with Crippen molar-refractivity contribution in [3.8, 4) is 0 Å². The molecular formula is C16H20N4O6. The summed E-state index contributed by atoms with van der Waals surface area (Å²) >= 11 is 0. The standard InChI is InChI=1S/C16H20N4O6/c1-5-9-12(11(6-2)20(23)24)19-13(10-14(21)25-7-3)15(17-18-19)16(22)26-8-4/h5-6,9H,1,7-8,10H2,2-4H3/b11-6+,12-9+. The number of carbonyl (C=O) groups excluding carboxylic acids is 2. The van der Waals surface area contributed by atoms with Gasteiger partial charge in [0.15, 0.2) is 5.69 Å². The van der Waals surface area contributed by atoms with Crippen LogP contribution in [-0.4, -0.2) is 45.1 Å². The van der Waals surface area contributed by atoms with Crippen LogP contribution in [0.1, 0.15) is 37.0 Å². The molecule has 1 aromatic rings. The van der Waals surface area contributed by atoms with Gasteiger partial charge in [-0.3, -0.25) is 14.9 Å². The first-order valence-corrected chi connectivity index (χ1v) is 7.82. The molecule has 0 aromatic carbocycles. The van der Waals surface area contributed by atoms with Crippen LogP contribution in [0.15, 0.2) is 30.5 Å². The fourth-order valence-corrected chi connectivity index (χ4v) is 2.08. The molecule has 10 nitrogen and oxygen atoms in total. The van der Waals surface area contributed by atoms with Gasteiger partial charge in [-0.25, -0.2) is 9.48 Å². The number of nitro groups is 1. The number of hydrogen-bond acceptors (Lipinski definition) is 8. The molecule has 140 valence electrons. The number of aromatic nitrogens is 3. The minimum atomic E-state index is -0.792. The van der Waals surface area contributed by atoms with E-state index in [1.165, 1.54) is 25.2 Å². The number of rotatable bonds is 9. The molecule has 0 aliphatic rings.